The fourth-order valence-corrected chi connectivity index (χ4v) is 3.80. The fourth-order valence-electron chi connectivity index (χ4n) is 3.80. The van der Waals surface area contributed by atoms with Crippen LogP contribution in [-0.4, -0.2) is 29.7 Å². The first-order valence-electron chi connectivity index (χ1n) is 11.1. The van der Waals surface area contributed by atoms with Crippen molar-refractivity contribution >= 4 is 28.8 Å². The number of aryl methyl sites for hydroxylation is 1. The number of imidazole rings is 1. The highest BCUT2D eigenvalue weighted by Crippen LogP contribution is 2.28. The average Bonchev–Trinajstić information content (AvgIpc) is 3.20. The maximum Gasteiger partial charge on any atom is 0.343 e. The number of hydrogen-bond donors (Lipinski definition) is 0. The molecule has 3 aromatic carbocycles. The van der Waals surface area contributed by atoms with Gasteiger partial charge in [0.15, 0.2) is 0 Å². The summed E-state index contributed by atoms with van der Waals surface area (Å²) in [5.41, 5.74) is 4.23. The molecule has 4 rings (SSSR count). The van der Waals surface area contributed by atoms with E-state index in [0.29, 0.717) is 22.9 Å². The van der Waals surface area contributed by atoms with Gasteiger partial charge >= 0.3 is 5.97 Å². The number of methoxy groups -OCH3 is 2. The van der Waals surface area contributed by atoms with E-state index in [2.05, 4.69) is 36.6 Å². The van der Waals surface area contributed by atoms with Gasteiger partial charge in [-0.15, -0.1) is 0 Å². The van der Waals surface area contributed by atoms with Crippen molar-refractivity contribution in [3.63, 3.8) is 0 Å². The molecule has 0 saturated carbocycles. The summed E-state index contributed by atoms with van der Waals surface area (Å²) in [6.45, 7) is 6.26. The number of rotatable bonds is 7. The number of hydrogen-bond acceptors (Lipinski definition) is 5. The van der Waals surface area contributed by atoms with Crippen LogP contribution in [-0.2, 0) is 4.74 Å². The molecular formula is C28H28N2O4. The molecule has 0 bridgehead atoms. The number of carbonyl (C=O) groups excluding carboxylic acids is 1. The number of fused-ring (bicyclic) bond motifs is 1. The molecule has 0 fully saturated rings. The highest BCUT2D eigenvalue weighted by atomic mass is 16.5. The maximum absolute atomic E-state index is 13.0. The number of ether oxygens (including phenoxy) is 3. The average molecular weight is 457 g/mol. The van der Waals surface area contributed by atoms with Crippen molar-refractivity contribution in [2.45, 2.75) is 26.8 Å². The predicted octanol–water partition coefficient (Wildman–Crippen LogP) is 6.30. The summed E-state index contributed by atoms with van der Waals surface area (Å²) in [6, 6.07) is 20.6. The van der Waals surface area contributed by atoms with Crippen molar-refractivity contribution in [2.24, 2.45) is 0 Å². The molecule has 34 heavy (non-hydrogen) atoms. The van der Waals surface area contributed by atoms with E-state index in [0.717, 1.165) is 27.9 Å². The van der Waals surface area contributed by atoms with E-state index in [4.69, 9.17) is 19.2 Å². The molecule has 0 saturated heterocycles. The van der Waals surface area contributed by atoms with E-state index in [9.17, 15) is 4.79 Å². The van der Waals surface area contributed by atoms with Crippen LogP contribution in [0.5, 0.6) is 11.5 Å². The van der Waals surface area contributed by atoms with Gasteiger partial charge in [0.2, 0.25) is 0 Å². The molecule has 0 atom stereocenters. The second-order valence-electron chi connectivity index (χ2n) is 8.28. The predicted molar refractivity (Wildman–Crippen MR) is 134 cm³/mol. The summed E-state index contributed by atoms with van der Waals surface area (Å²) in [6.07, 6.45) is 1.82. The molecule has 0 amide bonds. The van der Waals surface area contributed by atoms with Crippen molar-refractivity contribution in [3.8, 4) is 11.5 Å². The minimum absolute atomic E-state index is 0.161. The largest absolute Gasteiger partial charge is 0.497 e. The lowest BCUT2D eigenvalue weighted by Gasteiger charge is -2.14. The third kappa shape index (κ3) is 4.81. The van der Waals surface area contributed by atoms with Gasteiger partial charge in [0.05, 0.1) is 30.8 Å². The normalized spacial score (nSPS) is 11.6. The smallest absolute Gasteiger partial charge is 0.343 e. The molecule has 0 aliphatic carbocycles. The quantitative estimate of drug-likeness (QED) is 0.241. The Bertz CT molecular complexity index is 1330. The summed E-state index contributed by atoms with van der Waals surface area (Å²) in [7, 11) is 3.20. The molecule has 0 aliphatic rings. The molecule has 0 radical (unpaired) electrons. The second kappa shape index (κ2) is 9.83. The van der Waals surface area contributed by atoms with Crippen LogP contribution in [0, 0.1) is 6.92 Å². The summed E-state index contributed by atoms with van der Waals surface area (Å²) >= 11 is 0. The number of nitrogens with zero attached hydrogens (tertiary/aromatic N) is 2. The van der Waals surface area contributed by atoms with Crippen molar-refractivity contribution < 1.29 is 19.0 Å². The van der Waals surface area contributed by atoms with Gasteiger partial charge < -0.3 is 18.8 Å². The molecule has 174 valence electrons. The SMILES string of the molecule is COc1ccc(C(=O)OC(=Cc2nc3cc(C)ccc3n2C(C)C)c2ccc(OC)cc2)cc1. The Hall–Kier alpha value is -4.06. The highest BCUT2D eigenvalue weighted by molar-refractivity contribution is 5.95. The third-order valence-corrected chi connectivity index (χ3v) is 5.55. The zero-order valence-corrected chi connectivity index (χ0v) is 20.0. The first-order chi connectivity index (χ1) is 16.4. The van der Waals surface area contributed by atoms with Gasteiger partial charge in [-0.25, -0.2) is 9.78 Å². The van der Waals surface area contributed by atoms with Crippen LogP contribution in [0.3, 0.4) is 0 Å². The Morgan fingerprint density at radius 3 is 2.03 bits per heavy atom. The molecular weight excluding hydrogens is 428 g/mol. The Balaban J connectivity index is 1.80. The van der Waals surface area contributed by atoms with Gasteiger partial charge in [0.25, 0.3) is 0 Å². The monoisotopic (exact) mass is 456 g/mol. The van der Waals surface area contributed by atoms with Gasteiger partial charge in [-0.3, -0.25) is 0 Å². The van der Waals surface area contributed by atoms with Crippen molar-refractivity contribution in [1.82, 2.24) is 9.55 Å². The Morgan fingerprint density at radius 2 is 1.47 bits per heavy atom. The lowest BCUT2D eigenvalue weighted by atomic mass is 10.1. The lowest BCUT2D eigenvalue weighted by molar-refractivity contribution is 0.0693. The van der Waals surface area contributed by atoms with E-state index < -0.39 is 5.97 Å². The number of esters is 1. The van der Waals surface area contributed by atoms with Gasteiger partial charge in [-0.1, -0.05) is 6.07 Å². The van der Waals surface area contributed by atoms with Crippen molar-refractivity contribution in [3.05, 3.63) is 89.2 Å². The maximum atomic E-state index is 13.0. The number of carbonyl (C=O) groups is 1. The van der Waals surface area contributed by atoms with Gasteiger partial charge in [-0.2, -0.15) is 0 Å². The van der Waals surface area contributed by atoms with Crippen LogP contribution in [0.2, 0.25) is 0 Å². The lowest BCUT2D eigenvalue weighted by Crippen LogP contribution is -2.07. The summed E-state index contributed by atoms with van der Waals surface area (Å²) < 4.78 is 18.5. The van der Waals surface area contributed by atoms with Crippen molar-refractivity contribution in [1.29, 1.82) is 0 Å². The summed E-state index contributed by atoms with van der Waals surface area (Å²) in [5, 5.41) is 0. The third-order valence-electron chi connectivity index (χ3n) is 5.55. The van der Waals surface area contributed by atoms with Gasteiger partial charge in [0.1, 0.15) is 23.1 Å². The topological polar surface area (TPSA) is 62.6 Å². The minimum Gasteiger partial charge on any atom is -0.497 e. The van der Waals surface area contributed by atoms with E-state index in [1.54, 1.807) is 38.5 Å². The Kier molecular flexibility index (Phi) is 6.68. The number of benzene rings is 3. The molecule has 0 N–H and O–H groups in total. The van der Waals surface area contributed by atoms with E-state index in [-0.39, 0.29) is 6.04 Å². The molecule has 6 nitrogen and oxygen atoms in total. The van der Waals surface area contributed by atoms with Crippen LogP contribution >= 0.6 is 0 Å². The molecule has 1 heterocycles. The molecule has 0 spiro atoms. The van der Waals surface area contributed by atoms with Crippen LogP contribution in [0.15, 0.2) is 66.7 Å². The van der Waals surface area contributed by atoms with Crippen LogP contribution in [0.25, 0.3) is 22.9 Å². The van der Waals surface area contributed by atoms with Crippen LogP contribution < -0.4 is 9.47 Å². The van der Waals surface area contributed by atoms with Gasteiger partial charge in [0, 0.05) is 17.7 Å². The first-order valence-corrected chi connectivity index (χ1v) is 11.1. The Morgan fingerprint density at radius 1 is 0.882 bits per heavy atom. The standard InChI is InChI=1S/C28H28N2O4/c1-18(2)30-25-15-6-19(3)16-24(25)29-27(30)17-26(20-7-11-22(32-4)12-8-20)34-28(31)21-9-13-23(33-5)14-10-21/h6-18H,1-5H3. The van der Waals surface area contributed by atoms with Crippen molar-refractivity contribution in [2.75, 3.05) is 14.2 Å². The zero-order chi connectivity index (χ0) is 24.2. The van der Waals surface area contributed by atoms with E-state index >= 15 is 0 Å². The molecule has 0 unspecified atom stereocenters. The van der Waals surface area contributed by atoms with E-state index in [1.807, 2.05) is 37.3 Å². The van der Waals surface area contributed by atoms with Gasteiger partial charge in [-0.05, 0) is 87.0 Å². The molecule has 4 aromatic rings. The molecule has 6 heteroatoms. The van der Waals surface area contributed by atoms with Crippen LogP contribution in [0.4, 0.5) is 0 Å². The molecule has 1 aromatic heterocycles. The van der Waals surface area contributed by atoms with Crippen LogP contribution in [0.1, 0.15) is 47.2 Å². The molecule has 0 aliphatic heterocycles. The first kappa shape index (κ1) is 23.1. The number of aromatic nitrogens is 2. The summed E-state index contributed by atoms with van der Waals surface area (Å²) in [5.74, 6) is 2.03. The zero-order valence-electron chi connectivity index (χ0n) is 20.0. The minimum atomic E-state index is -0.465. The van der Waals surface area contributed by atoms with E-state index in [1.165, 1.54) is 0 Å². The highest BCUT2D eigenvalue weighted by Gasteiger charge is 2.17. The second-order valence-corrected chi connectivity index (χ2v) is 8.28. The Labute approximate surface area is 199 Å². The fraction of sp³-hybridized carbons (Fsp3) is 0.214. The summed E-state index contributed by atoms with van der Waals surface area (Å²) in [4.78, 5) is 17.9.